The number of hydrogen-bond acceptors (Lipinski definition) is 0. The maximum absolute atomic E-state index is 3.97. The van der Waals surface area contributed by atoms with Gasteiger partial charge in [-0.1, -0.05) is 44.6 Å². The molecule has 0 aromatic rings. The highest BCUT2D eigenvalue weighted by molar-refractivity contribution is 5.02. The molecule has 14 heavy (non-hydrogen) atoms. The molecule has 0 aromatic carbocycles. The zero-order chi connectivity index (χ0) is 11.0. The van der Waals surface area contributed by atoms with Gasteiger partial charge in [0.05, 0.1) is 0 Å². The molecule has 81 valence electrons. The third kappa shape index (κ3) is 8.10. The van der Waals surface area contributed by atoms with Crippen LogP contribution in [0, 0.1) is 18.8 Å². The molecular formula is C14H25. The molecule has 0 aromatic heterocycles. The van der Waals surface area contributed by atoms with Crippen molar-refractivity contribution in [2.75, 3.05) is 0 Å². The van der Waals surface area contributed by atoms with Gasteiger partial charge in [0, 0.05) is 0 Å². The Kier molecular flexibility index (Phi) is 7.55. The lowest BCUT2D eigenvalue weighted by atomic mass is 9.96. The second kappa shape index (κ2) is 7.84. The molecule has 2 unspecified atom stereocenters. The fourth-order valence-corrected chi connectivity index (χ4v) is 1.68. The molecule has 0 heterocycles. The Morgan fingerprint density at radius 2 is 1.93 bits per heavy atom. The Bertz CT molecular complexity index is 184. The Morgan fingerprint density at radius 1 is 1.29 bits per heavy atom. The van der Waals surface area contributed by atoms with Gasteiger partial charge in [0.2, 0.25) is 0 Å². The Labute approximate surface area is 90.1 Å². The summed E-state index contributed by atoms with van der Waals surface area (Å²) in [5.74, 6) is 1.20. The fourth-order valence-electron chi connectivity index (χ4n) is 1.68. The van der Waals surface area contributed by atoms with Crippen molar-refractivity contribution in [2.45, 2.75) is 47.0 Å². The van der Waals surface area contributed by atoms with Crippen LogP contribution in [0.15, 0.2) is 23.8 Å². The summed E-state index contributed by atoms with van der Waals surface area (Å²) in [5.41, 5.74) is 1.48. The van der Waals surface area contributed by atoms with E-state index in [0.29, 0.717) is 5.92 Å². The average Bonchev–Trinajstić information content (AvgIpc) is 2.02. The highest BCUT2D eigenvalue weighted by Gasteiger charge is 2.01. The molecule has 0 aliphatic heterocycles. The molecule has 2 atom stereocenters. The number of allylic oxidation sites excluding steroid dienone is 4. The van der Waals surface area contributed by atoms with Crippen LogP contribution in [0.3, 0.4) is 0 Å². The van der Waals surface area contributed by atoms with Gasteiger partial charge in [0.15, 0.2) is 0 Å². The first-order valence-electron chi connectivity index (χ1n) is 5.71. The average molecular weight is 193 g/mol. The molecule has 0 rings (SSSR count). The minimum Gasteiger partial charge on any atom is -0.0888 e. The largest absolute Gasteiger partial charge is 0.0888 e. The van der Waals surface area contributed by atoms with Gasteiger partial charge in [0.1, 0.15) is 0 Å². The molecule has 1 radical (unpaired) electrons. The zero-order valence-electron chi connectivity index (χ0n) is 10.2. The van der Waals surface area contributed by atoms with Crippen molar-refractivity contribution in [3.05, 3.63) is 30.7 Å². The van der Waals surface area contributed by atoms with E-state index in [4.69, 9.17) is 0 Å². The van der Waals surface area contributed by atoms with E-state index in [2.05, 4.69) is 52.8 Å². The van der Waals surface area contributed by atoms with E-state index in [-0.39, 0.29) is 0 Å². The van der Waals surface area contributed by atoms with Crippen molar-refractivity contribution < 1.29 is 0 Å². The normalized spacial score (nSPS) is 15.4. The van der Waals surface area contributed by atoms with Gasteiger partial charge < -0.3 is 0 Å². The quantitative estimate of drug-likeness (QED) is 0.532. The Hall–Kier alpha value is -0.520. The Balaban J connectivity index is 3.81. The van der Waals surface area contributed by atoms with E-state index >= 15 is 0 Å². The van der Waals surface area contributed by atoms with Gasteiger partial charge in [-0.3, -0.25) is 0 Å². The molecule has 0 bridgehead atoms. The van der Waals surface area contributed by atoms with Crippen LogP contribution in [0.1, 0.15) is 47.0 Å². The van der Waals surface area contributed by atoms with Crippen LogP contribution in [0.5, 0.6) is 0 Å². The predicted molar refractivity (Wildman–Crippen MR) is 66.1 cm³/mol. The summed E-state index contributed by atoms with van der Waals surface area (Å²) in [6.45, 7) is 12.8. The molecule has 0 spiro atoms. The summed E-state index contributed by atoms with van der Waals surface area (Å²) >= 11 is 0. The van der Waals surface area contributed by atoms with Gasteiger partial charge in [-0.05, 0) is 44.9 Å². The summed E-state index contributed by atoms with van der Waals surface area (Å²) in [7, 11) is 0. The minimum absolute atomic E-state index is 0.438. The number of hydrogen-bond donors (Lipinski definition) is 0. The molecular weight excluding hydrogens is 168 g/mol. The third-order valence-corrected chi connectivity index (χ3v) is 2.18. The zero-order valence-corrected chi connectivity index (χ0v) is 10.2. The molecule has 0 saturated carbocycles. The van der Waals surface area contributed by atoms with Gasteiger partial charge in [-0.25, -0.2) is 0 Å². The lowest BCUT2D eigenvalue weighted by Gasteiger charge is -2.09. The van der Waals surface area contributed by atoms with E-state index in [1.165, 1.54) is 18.4 Å². The van der Waals surface area contributed by atoms with E-state index in [1.54, 1.807) is 0 Å². The maximum Gasteiger partial charge on any atom is -0.0259 e. The smallest absolute Gasteiger partial charge is 0.0259 e. The predicted octanol–water partition coefficient (Wildman–Crippen LogP) is 4.79. The first kappa shape index (κ1) is 13.5. The van der Waals surface area contributed by atoms with Crippen molar-refractivity contribution in [3.8, 4) is 0 Å². The molecule has 0 fully saturated rings. The summed E-state index contributed by atoms with van der Waals surface area (Å²) in [5, 5.41) is 0. The molecule has 0 nitrogen and oxygen atoms in total. The molecule has 0 heteroatoms. The second-order valence-electron chi connectivity index (χ2n) is 4.41. The lowest BCUT2D eigenvalue weighted by molar-refractivity contribution is 0.582. The first-order chi connectivity index (χ1) is 6.56. The van der Waals surface area contributed by atoms with Crippen LogP contribution in [0.25, 0.3) is 0 Å². The van der Waals surface area contributed by atoms with Gasteiger partial charge in [-0.15, -0.1) is 0 Å². The molecule has 0 aliphatic carbocycles. The summed E-state index contributed by atoms with van der Waals surface area (Å²) < 4.78 is 0. The third-order valence-electron chi connectivity index (χ3n) is 2.18. The molecule has 0 aliphatic rings. The van der Waals surface area contributed by atoms with E-state index in [1.807, 2.05) is 0 Å². The summed E-state index contributed by atoms with van der Waals surface area (Å²) in [6, 6.07) is 0. The standard InChI is InChI=1S/C14H25/c1-6-7-8-9-13(4)11-14(5)10-12(2)3/h7-8,10,12-13H,2,6,9,11H2,1,3-5H3/b8-7+,14-10+. The van der Waals surface area contributed by atoms with Crippen LogP contribution >= 0.6 is 0 Å². The highest BCUT2D eigenvalue weighted by atomic mass is 14.1. The van der Waals surface area contributed by atoms with Crippen molar-refractivity contribution in [3.63, 3.8) is 0 Å². The first-order valence-corrected chi connectivity index (χ1v) is 5.71. The summed E-state index contributed by atoms with van der Waals surface area (Å²) in [4.78, 5) is 0. The van der Waals surface area contributed by atoms with Crippen molar-refractivity contribution in [2.24, 2.45) is 11.8 Å². The molecule has 0 saturated heterocycles. The summed E-state index contributed by atoms with van der Waals surface area (Å²) in [6.07, 6.45) is 10.4. The van der Waals surface area contributed by atoms with Crippen LogP contribution < -0.4 is 0 Å². The minimum atomic E-state index is 0.438. The Morgan fingerprint density at radius 3 is 2.43 bits per heavy atom. The lowest BCUT2D eigenvalue weighted by Crippen LogP contribution is -1.95. The van der Waals surface area contributed by atoms with Crippen molar-refractivity contribution in [1.29, 1.82) is 0 Å². The van der Waals surface area contributed by atoms with Crippen LogP contribution in [-0.4, -0.2) is 0 Å². The van der Waals surface area contributed by atoms with Crippen molar-refractivity contribution in [1.82, 2.24) is 0 Å². The van der Waals surface area contributed by atoms with Crippen LogP contribution in [-0.2, 0) is 0 Å². The van der Waals surface area contributed by atoms with Crippen LogP contribution in [0.4, 0.5) is 0 Å². The topological polar surface area (TPSA) is 0 Å². The van der Waals surface area contributed by atoms with E-state index < -0.39 is 0 Å². The fraction of sp³-hybridized carbons (Fsp3) is 0.643. The van der Waals surface area contributed by atoms with Gasteiger partial charge in [-0.2, -0.15) is 0 Å². The van der Waals surface area contributed by atoms with E-state index in [0.717, 1.165) is 12.3 Å². The molecule has 0 amide bonds. The molecule has 0 N–H and O–H groups in total. The van der Waals surface area contributed by atoms with Gasteiger partial charge in [0.25, 0.3) is 0 Å². The number of rotatable bonds is 6. The SMILES string of the molecule is [CH2]C(C)/C=C(\C)CC(C)C/C=C/CC. The van der Waals surface area contributed by atoms with Gasteiger partial charge >= 0.3 is 0 Å². The van der Waals surface area contributed by atoms with Crippen molar-refractivity contribution >= 4 is 0 Å². The highest BCUT2D eigenvalue weighted by Crippen LogP contribution is 2.16. The van der Waals surface area contributed by atoms with Crippen LogP contribution in [0.2, 0.25) is 0 Å². The van der Waals surface area contributed by atoms with E-state index in [9.17, 15) is 0 Å². The monoisotopic (exact) mass is 193 g/mol. The second-order valence-corrected chi connectivity index (χ2v) is 4.41. The maximum atomic E-state index is 3.97.